The van der Waals surface area contributed by atoms with Gasteiger partial charge in [-0.05, 0) is 42.8 Å². The number of para-hydroxylation sites is 2. The number of methoxy groups -OCH3 is 1. The molecule has 2 aromatic carbocycles. The highest BCUT2D eigenvalue weighted by Crippen LogP contribution is 2.24. The summed E-state index contributed by atoms with van der Waals surface area (Å²) in [5.74, 6) is 1.04. The molecule has 1 heterocycles. The van der Waals surface area contributed by atoms with Gasteiger partial charge in [-0.3, -0.25) is 9.59 Å². The monoisotopic (exact) mass is 378 g/mol. The maximum atomic E-state index is 12.7. The zero-order chi connectivity index (χ0) is 19.9. The Morgan fingerprint density at radius 3 is 2.50 bits per heavy atom. The Morgan fingerprint density at radius 2 is 1.79 bits per heavy atom. The van der Waals surface area contributed by atoms with Crippen LogP contribution in [0.1, 0.15) is 22.8 Å². The van der Waals surface area contributed by atoms with Gasteiger partial charge in [0.25, 0.3) is 11.5 Å². The molecular weight excluding hydrogens is 356 g/mol. The Bertz CT molecular complexity index is 1010. The summed E-state index contributed by atoms with van der Waals surface area (Å²) in [6, 6.07) is 17.6. The Kier molecular flexibility index (Phi) is 6.11. The van der Waals surface area contributed by atoms with Gasteiger partial charge in [0.15, 0.2) is 0 Å². The van der Waals surface area contributed by atoms with Crippen molar-refractivity contribution in [2.24, 2.45) is 0 Å². The summed E-state index contributed by atoms with van der Waals surface area (Å²) in [6.45, 7) is 2.74. The van der Waals surface area contributed by atoms with Gasteiger partial charge in [-0.1, -0.05) is 24.3 Å². The van der Waals surface area contributed by atoms with Gasteiger partial charge < -0.3 is 19.4 Å². The summed E-state index contributed by atoms with van der Waals surface area (Å²) in [4.78, 5) is 24.9. The normalized spacial score (nSPS) is 10.4. The molecule has 0 bridgehead atoms. The molecule has 0 aliphatic rings. The largest absolute Gasteiger partial charge is 0.497 e. The predicted molar refractivity (Wildman–Crippen MR) is 108 cm³/mol. The summed E-state index contributed by atoms with van der Waals surface area (Å²) in [5, 5.41) is 2.84. The first-order chi connectivity index (χ1) is 13.6. The number of carbonyl (C=O) groups excluding carboxylic acids is 1. The van der Waals surface area contributed by atoms with Crippen molar-refractivity contribution in [3.8, 4) is 11.5 Å². The molecule has 0 radical (unpaired) electrons. The topological polar surface area (TPSA) is 69.6 Å². The van der Waals surface area contributed by atoms with Crippen LogP contribution in [0.25, 0.3) is 0 Å². The number of rotatable bonds is 7. The smallest absolute Gasteiger partial charge is 0.257 e. The average molecular weight is 378 g/mol. The Labute approximate surface area is 163 Å². The van der Waals surface area contributed by atoms with E-state index in [0.717, 1.165) is 11.3 Å². The van der Waals surface area contributed by atoms with Crippen LogP contribution < -0.4 is 20.3 Å². The number of benzene rings is 2. The molecule has 0 spiro atoms. The quantitative estimate of drug-likeness (QED) is 0.683. The van der Waals surface area contributed by atoms with Crippen LogP contribution in [-0.4, -0.2) is 24.2 Å². The number of carbonyl (C=O) groups is 1. The minimum absolute atomic E-state index is 0.179. The van der Waals surface area contributed by atoms with Crippen LogP contribution in [0.15, 0.2) is 71.7 Å². The second kappa shape index (κ2) is 8.90. The minimum Gasteiger partial charge on any atom is -0.497 e. The Hall–Kier alpha value is -3.54. The molecule has 0 fully saturated rings. The molecule has 0 saturated carbocycles. The Morgan fingerprint density at radius 1 is 1.04 bits per heavy atom. The third kappa shape index (κ3) is 4.59. The number of hydrogen-bond donors (Lipinski definition) is 1. The molecule has 0 aliphatic heterocycles. The van der Waals surface area contributed by atoms with Crippen molar-refractivity contribution in [3.63, 3.8) is 0 Å². The second-order valence-corrected chi connectivity index (χ2v) is 6.12. The summed E-state index contributed by atoms with van der Waals surface area (Å²) in [6.07, 6.45) is 1.56. The summed E-state index contributed by atoms with van der Waals surface area (Å²) in [7, 11) is 1.60. The standard InChI is InChI=1S/C22H22N2O4/c1-3-28-20-7-5-4-6-19(20)23-22(26)17-10-13-21(25)24(15-17)14-16-8-11-18(27-2)12-9-16/h4-13,15H,3,14H2,1-2H3,(H,23,26). The lowest BCUT2D eigenvalue weighted by Gasteiger charge is -2.12. The first-order valence-corrected chi connectivity index (χ1v) is 8.97. The van der Waals surface area contributed by atoms with Crippen LogP contribution >= 0.6 is 0 Å². The zero-order valence-electron chi connectivity index (χ0n) is 15.8. The molecule has 1 N–H and O–H groups in total. The average Bonchev–Trinajstić information content (AvgIpc) is 2.72. The number of aromatic nitrogens is 1. The van der Waals surface area contributed by atoms with Crippen molar-refractivity contribution < 1.29 is 14.3 Å². The van der Waals surface area contributed by atoms with Gasteiger partial charge in [-0.15, -0.1) is 0 Å². The van der Waals surface area contributed by atoms with Gasteiger partial charge in [0.05, 0.1) is 31.5 Å². The number of nitrogens with one attached hydrogen (secondary N) is 1. The molecule has 0 aliphatic carbocycles. The molecule has 1 amide bonds. The fourth-order valence-corrected chi connectivity index (χ4v) is 2.76. The van der Waals surface area contributed by atoms with Gasteiger partial charge in [0, 0.05) is 12.3 Å². The van der Waals surface area contributed by atoms with E-state index in [1.165, 1.54) is 16.7 Å². The third-order valence-electron chi connectivity index (χ3n) is 4.19. The van der Waals surface area contributed by atoms with Crippen molar-refractivity contribution in [1.82, 2.24) is 4.57 Å². The lowest BCUT2D eigenvalue weighted by molar-refractivity contribution is 0.102. The summed E-state index contributed by atoms with van der Waals surface area (Å²) >= 11 is 0. The minimum atomic E-state index is -0.310. The van der Waals surface area contributed by atoms with Gasteiger partial charge in [-0.25, -0.2) is 0 Å². The number of nitrogens with zero attached hydrogens (tertiary/aromatic N) is 1. The van der Waals surface area contributed by atoms with Crippen LogP contribution in [0.3, 0.4) is 0 Å². The maximum absolute atomic E-state index is 12.7. The van der Waals surface area contributed by atoms with E-state index >= 15 is 0 Å². The second-order valence-electron chi connectivity index (χ2n) is 6.12. The lowest BCUT2D eigenvalue weighted by atomic mass is 10.2. The number of amides is 1. The zero-order valence-corrected chi connectivity index (χ0v) is 15.8. The van der Waals surface area contributed by atoms with E-state index in [9.17, 15) is 9.59 Å². The van der Waals surface area contributed by atoms with Gasteiger partial charge in [0.2, 0.25) is 0 Å². The molecule has 6 nitrogen and oxygen atoms in total. The van der Waals surface area contributed by atoms with Crippen LogP contribution in [0.4, 0.5) is 5.69 Å². The molecule has 0 atom stereocenters. The first-order valence-electron chi connectivity index (χ1n) is 8.97. The van der Waals surface area contributed by atoms with Gasteiger partial charge in [-0.2, -0.15) is 0 Å². The summed E-state index contributed by atoms with van der Waals surface area (Å²) < 4.78 is 12.2. The highest BCUT2D eigenvalue weighted by Gasteiger charge is 2.11. The van der Waals surface area contributed by atoms with E-state index < -0.39 is 0 Å². The van der Waals surface area contributed by atoms with Crippen LogP contribution in [0.5, 0.6) is 11.5 Å². The number of hydrogen-bond acceptors (Lipinski definition) is 4. The SMILES string of the molecule is CCOc1ccccc1NC(=O)c1ccc(=O)n(Cc2ccc(OC)cc2)c1. The van der Waals surface area contributed by atoms with Crippen molar-refractivity contribution in [2.45, 2.75) is 13.5 Å². The van der Waals surface area contributed by atoms with Gasteiger partial charge >= 0.3 is 0 Å². The fourth-order valence-electron chi connectivity index (χ4n) is 2.76. The number of anilines is 1. The molecule has 0 unspecified atom stereocenters. The van der Waals surface area contributed by atoms with Crippen molar-refractivity contribution >= 4 is 11.6 Å². The summed E-state index contributed by atoms with van der Waals surface area (Å²) in [5.41, 5.74) is 1.73. The fraction of sp³-hybridized carbons (Fsp3) is 0.182. The molecule has 3 rings (SSSR count). The van der Waals surface area contributed by atoms with Crippen molar-refractivity contribution in [2.75, 3.05) is 19.0 Å². The van der Waals surface area contributed by atoms with E-state index in [0.29, 0.717) is 30.2 Å². The number of pyridine rings is 1. The van der Waals surface area contributed by atoms with Crippen LogP contribution in [0.2, 0.25) is 0 Å². The van der Waals surface area contributed by atoms with Crippen molar-refractivity contribution in [1.29, 1.82) is 0 Å². The van der Waals surface area contributed by atoms with E-state index in [4.69, 9.17) is 9.47 Å². The predicted octanol–water partition coefficient (Wildman–Crippen LogP) is 3.56. The van der Waals surface area contributed by atoms with E-state index in [2.05, 4.69) is 5.32 Å². The highest BCUT2D eigenvalue weighted by molar-refractivity contribution is 6.04. The lowest BCUT2D eigenvalue weighted by Crippen LogP contribution is -2.22. The van der Waals surface area contributed by atoms with Crippen LogP contribution in [0, 0.1) is 0 Å². The molecule has 1 aromatic heterocycles. The third-order valence-corrected chi connectivity index (χ3v) is 4.19. The molecule has 144 valence electrons. The van der Waals surface area contributed by atoms with E-state index in [-0.39, 0.29) is 11.5 Å². The van der Waals surface area contributed by atoms with E-state index in [1.54, 1.807) is 25.4 Å². The first kappa shape index (κ1) is 19.2. The maximum Gasteiger partial charge on any atom is 0.257 e. The Balaban J connectivity index is 1.80. The number of ether oxygens (including phenoxy) is 2. The van der Waals surface area contributed by atoms with Gasteiger partial charge in [0.1, 0.15) is 11.5 Å². The highest BCUT2D eigenvalue weighted by atomic mass is 16.5. The van der Waals surface area contributed by atoms with Crippen LogP contribution in [-0.2, 0) is 6.54 Å². The van der Waals surface area contributed by atoms with Crippen molar-refractivity contribution in [3.05, 3.63) is 88.3 Å². The molecule has 3 aromatic rings. The van der Waals surface area contributed by atoms with E-state index in [1.807, 2.05) is 43.3 Å². The molecule has 28 heavy (non-hydrogen) atoms. The molecular formula is C22H22N2O4. The molecule has 6 heteroatoms. The molecule has 0 saturated heterocycles.